The van der Waals surface area contributed by atoms with Crippen molar-refractivity contribution in [2.24, 2.45) is 4.99 Å². The van der Waals surface area contributed by atoms with Gasteiger partial charge in [-0.25, -0.2) is 0 Å². The lowest BCUT2D eigenvalue weighted by Gasteiger charge is -2.20. The first-order chi connectivity index (χ1) is 11.9. The molecule has 0 bridgehead atoms. The number of phenols is 1. The van der Waals surface area contributed by atoms with Gasteiger partial charge in [0, 0.05) is 23.2 Å². The van der Waals surface area contributed by atoms with E-state index >= 15 is 0 Å². The standard InChI is InChI=1S/C20H19ClN2O2/c1-12(2)10-17-20(25)23(3)18-9-6-14(21)11-16(18)19(22-17)13-4-7-15(24)8-5-13/h4-9,11,17,24H,1,10H2,2-3H3. The number of anilines is 1. The number of hydrogen-bond donors (Lipinski definition) is 1. The van der Waals surface area contributed by atoms with Crippen LogP contribution in [0.5, 0.6) is 5.75 Å². The molecular weight excluding hydrogens is 336 g/mol. The van der Waals surface area contributed by atoms with Crippen molar-refractivity contribution in [3.05, 3.63) is 70.8 Å². The summed E-state index contributed by atoms with van der Waals surface area (Å²) in [4.78, 5) is 19.2. The van der Waals surface area contributed by atoms with E-state index in [0.29, 0.717) is 17.2 Å². The van der Waals surface area contributed by atoms with Crippen LogP contribution >= 0.6 is 11.6 Å². The van der Waals surface area contributed by atoms with Gasteiger partial charge >= 0.3 is 0 Å². The molecule has 1 heterocycles. The number of fused-ring (bicyclic) bond motifs is 1. The Balaban J connectivity index is 2.23. The van der Waals surface area contributed by atoms with Gasteiger partial charge in [-0.2, -0.15) is 0 Å². The fourth-order valence-corrected chi connectivity index (χ4v) is 3.10. The lowest BCUT2D eigenvalue weighted by molar-refractivity contribution is -0.119. The lowest BCUT2D eigenvalue weighted by Crippen LogP contribution is -2.34. The predicted molar refractivity (Wildman–Crippen MR) is 102 cm³/mol. The maximum atomic E-state index is 12.9. The van der Waals surface area contributed by atoms with Crippen LogP contribution in [0.4, 0.5) is 5.69 Å². The van der Waals surface area contributed by atoms with E-state index < -0.39 is 6.04 Å². The quantitative estimate of drug-likeness (QED) is 0.840. The molecule has 1 unspecified atom stereocenters. The molecule has 1 aliphatic heterocycles. The molecule has 0 spiro atoms. The summed E-state index contributed by atoms with van der Waals surface area (Å²) in [5, 5.41) is 10.1. The fourth-order valence-electron chi connectivity index (χ4n) is 2.93. The zero-order valence-corrected chi connectivity index (χ0v) is 14.9. The van der Waals surface area contributed by atoms with Crippen molar-refractivity contribution in [2.45, 2.75) is 19.4 Å². The second-order valence-corrected chi connectivity index (χ2v) is 6.70. The van der Waals surface area contributed by atoms with Crippen molar-refractivity contribution in [3.63, 3.8) is 0 Å². The topological polar surface area (TPSA) is 52.9 Å². The zero-order valence-electron chi connectivity index (χ0n) is 14.2. The number of hydrogen-bond acceptors (Lipinski definition) is 3. The molecule has 0 aromatic heterocycles. The number of halogens is 1. The Kier molecular flexibility index (Phi) is 4.64. The van der Waals surface area contributed by atoms with Crippen LogP contribution in [0.25, 0.3) is 0 Å². The summed E-state index contributed by atoms with van der Waals surface area (Å²) in [7, 11) is 1.75. The number of phenolic OH excluding ortho intramolecular Hbond substituents is 1. The number of benzene rings is 2. The van der Waals surface area contributed by atoms with Gasteiger partial charge in [0.05, 0.1) is 11.4 Å². The molecule has 128 valence electrons. The van der Waals surface area contributed by atoms with Crippen LogP contribution in [-0.4, -0.2) is 29.8 Å². The third-order valence-electron chi connectivity index (χ3n) is 4.16. The number of benzodiazepines with no additional fused rings is 1. The van der Waals surface area contributed by atoms with Crippen molar-refractivity contribution in [2.75, 3.05) is 11.9 Å². The summed E-state index contributed by atoms with van der Waals surface area (Å²) in [6.45, 7) is 5.80. The molecule has 2 aromatic carbocycles. The summed E-state index contributed by atoms with van der Waals surface area (Å²) < 4.78 is 0. The highest BCUT2D eigenvalue weighted by atomic mass is 35.5. The van der Waals surface area contributed by atoms with E-state index in [1.165, 1.54) is 0 Å². The number of amides is 1. The molecule has 0 saturated carbocycles. The number of carbonyl (C=O) groups excluding carboxylic acids is 1. The molecule has 1 N–H and O–H groups in total. The molecule has 0 saturated heterocycles. The van der Waals surface area contributed by atoms with E-state index in [1.807, 2.05) is 19.1 Å². The minimum absolute atomic E-state index is 0.0830. The van der Waals surface area contributed by atoms with Gasteiger partial charge in [-0.05, 0) is 55.8 Å². The SMILES string of the molecule is C=C(C)CC1N=C(c2ccc(O)cc2)c2cc(Cl)ccc2N(C)C1=O. The van der Waals surface area contributed by atoms with Crippen LogP contribution in [0.15, 0.2) is 59.6 Å². The molecule has 0 fully saturated rings. The van der Waals surface area contributed by atoms with Crippen LogP contribution < -0.4 is 4.90 Å². The molecular formula is C20H19ClN2O2. The van der Waals surface area contributed by atoms with Gasteiger partial charge in [-0.3, -0.25) is 9.79 Å². The van der Waals surface area contributed by atoms with Gasteiger partial charge in [0.2, 0.25) is 0 Å². The molecule has 1 aliphatic rings. The summed E-state index contributed by atoms with van der Waals surface area (Å²) in [5.74, 6) is 0.0938. The maximum Gasteiger partial charge on any atom is 0.251 e. The zero-order chi connectivity index (χ0) is 18.1. The highest BCUT2D eigenvalue weighted by Crippen LogP contribution is 2.31. The van der Waals surface area contributed by atoms with Gasteiger partial charge in [0.25, 0.3) is 5.91 Å². The van der Waals surface area contributed by atoms with E-state index in [4.69, 9.17) is 16.6 Å². The van der Waals surface area contributed by atoms with Crippen LogP contribution in [-0.2, 0) is 4.79 Å². The van der Waals surface area contributed by atoms with Crippen molar-refractivity contribution >= 4 is 28.9 Å². The monoisotopic (exact) mass is 354 g/mol. The van der Waals surface area contributed by atoms with Crippen molar-refractivity contribution in [1.29, 1.82) is 0 Å². The largest absolute Gasteiger partial charge is 0.508 e. The van der Waals surface area contributed by atoms with E-state index in [1.54, 1.807) is 42.3 Å². The molecule has 1 amide bonds. The third-order valence-corrected chi connectivity index (χ3v) is 4.39. The number of aromatic hydroxyl groups is 1. The van der Waals surface area contributed by atoms with Crippen LogP contribution in [0.2, 0.25) is 5.02 Å². The normalized spacial score (nSPS) is 16.9. The predicted octanol–water partition coefficient (Wildman–Crippen LogP) is 4.19. The maximum absolute atomic E-state index is 12.9. The van der Waals surface area contributed by atoms with Crippen molar-refractivity contribution < 1.29 is 9.90 Å². The molecule has 2 aromatic rings. The summed E-state index contributed by atoms with van der Waals surface area (Å²) >= 11 is 6.20. The smallest absolute Gasteiger partial charge is 0.251 e. The average Bonchev–Trinajstić information content (AvgIpc) is 2.66. The molecule has 25 heavy (non-hydrogen) atoms. The number of rotatable bonds is 3. The molecule has 0 radical (unpaired) electrons. The highest BCUT2D eigenvalue weighted by molar-refractivity contribution is 6.32. The summed E-state index contributed by atoms with van der Waals surface area (Å²) in [6.07, 6.45) is 0.479. The number of nitrogens with zero attached hydrogens (tertiary/aromatic N) is 2. The Hall–Kier alpha value is -2.59. The second-order valence-electron chi connectivity index (χ2n) is 6.26. The van der Waals surface area contributed by atoms with E-state index in [9.17, 15) is 9.90 Å². The van der Waals surface area contributed by atoms with Crippen LogP contribution in [0.1, 0.15) is 24.5 Å². The Morgan fingerprint density at radius 1 is 1.28 bits per heavy atom. The third kappa shape index (κ3) is 3.44. The first-order valence-electron chi connectivity index (χ1n) is 7.96. The first kappa shape index (κ1) is 17.2. The summed E-state index contributed by atoms with van der Waals surface area (Å²) in [6, 6.07) is 11.6. The Labute approximate surface area is 152 Å². The molecule has 3 rings (SSSR count). The Morgan fingerprint density at radius 3 is 2.60 bits per heavy atom. The molecule has 1 atom stereocenters. The van der Waals surface area contributed by atoms with Crippen molar-refractivity contribution in [3.8, 4) is 5.75 Å². The minimum Gasteiger partial charge on any atom is -0.508 e. The van der Waals surface area contributed by atoms with Gasteiger partial charge in [-0.1, -0.05) is 17.2 Å². The highest BCUT2D eigenvalue weighted by Gasteiger charge is 2.30. The van der Waals surface area contributed by atoms with Gasteiger partial charge in [-0.15, -0.1) is 6.58 Å². The molecule has 5 heteroatoms. The number of aliphatic imine (C=N–C) groups is 1. The molecule has 4 nitrogen and oxygen atoms in total. The van der Waals surface area contributed by atoms with Crippen molar-refractivity contribution in [1.82, 2.24) is 0 Å². The number of carbonyl (C=O) groups is 1. The Bertz CT molecular complexity index is 872. The first-order valence-corrected chi connectivity index (χ1v) is 8.33. The average molecular weight is 355 g/mol. The van der Waals surface area contributed by atoms with Gasteiger partial charge in [0.1, 0.15) is 11.8 Å². The second kappa shape index (κ2) is 6.73. The lowest BCUT2D eigenvalue weighted by atomic mass is 10.00. The fraction of sp³-hybridized carbons (Fsp3) is 0.200. The summed E-state index contributed by atoms with van der Waals surface area (Å²) in [5.41, 5.74) is 3.94. The van der Waals surface area contributed by atoms with Gasteiger partial charge < -0.3 is 10.0 Å². The van der Waals surface area contributed by atoms with Gasteiger partial charge in [0.15, 0.2) is 0 Å². The van der Waals surface area contributed by atoms with E-state index in [2.05, 4.69) is 6.58 Å². The number of likely N-dealkylation sites (N-methyl/N-ethyl adjacent to an activating group) is 1. The van der Waals surface area contributed by atoms with Crippen LogP contribution in [0.3, 0.4) is 0 Å². The van der Waals surface area contributed by atoms with Crippen LogP contribution in [0, 0.1) is 0 Å². The van der Waals surface area contributed by atoms with E-state index in [-0.39, 0.29) is 11.7 Å². The van der Waals surface area contributed by atoms with E-state index in [0.717, 1.165) is 22.4 Å². The Morgan fingerprint density at radius 2 is 1.96 bits per heavy atom. The minimum atomic E-state index is -0.544. The molecule has 0 aliphatic carbocycles.